The van der Waals surface area contributed by atoms with E-state index in [0.29, 0.717) is 22.5 Å². The topological polar surface area (TPSA) is 97.1 Å². The summed E-state index contributed by atoms with van der Waals surface area (Å²) in [7, 11) is 0. The quantitative estimate of drug-likeness (QED) is 0.608. The van der Waals surface area contributed by atoms with Crippen LogP contribution in [0.3, 0.4) is 0 Å². The number of nitrogens with zero attached hydrogens (tertiary/aromatic N) is 2. The summed E-state index contributed by atoms with van der Waals surface area (Å²) >= 11 is 1.18. The number of amides is 2. The smallest absolute Gasteiger partial charge is 0.277 e. The van der Waals surface area contributed by atoms with E-state index in [1.807, 2.05) is 31.2 Å². The maximum atomic E-state index is 12.5. The minimum atomic E-state index is -0.448. The van der Waals surface area contributed by atoms with Gasteiger partial charge in [-0.05, 0) is 44.2 Å². The molecule has 0 spiro atoms. The highest BCUT2D eigenvalue weighted by molar-refractivity contribution is 8.00. The molecular weight excluding hydrogens is 376 g/mol. The van der Waals surface area contributed by atoms with Crippen LogP contribution in [0.2, 0.25) is 0 Å². The fourth-order valence-electron chi connectivity index (χ4n) is 2.40. The van der Waals surface area contributed by atoms with Gasteiger partial charge in [-0.15, -0.1) is 10.2 Å². The van der Waals surface area contributed by atoms with Crippen molar-refractivity contribution >= 4 is 35.0 Å². The van der Waals surface area contributed by atoms with Crippen molar-refractivity contribution in [3.8, 4) is 11.5 Å². The summed E-state index contributed by atoms with van der Waals surface area (Å²) in [5.41, 5.74) is 3.18. The van der Waals surface area contributed by atoms with E-state index in [1.165, 1.54) is 18.7 Å². The Morgan fingerprint density at radius 2 is 1.71 bits per heavy atom. The van der Waals surface area contributed by atoms with Crippen molar-refractivity contribution < 1.29 is 14.0 Å². The lowest BCUT2D eigenvalue weighted by atomic mass is 10.1. The highest BCUT2D eigenvalue weighted by atomic mass is 32.2. The zero-order chi connectivity index (χ0) is 20.1. The molecule has 0 aliphatic rings. The van der Waals surface area contributed by atoms with Crippen LogP contribution in [-0.4, -0.2) is 27.3 Å². The molecule has 0 saturated carbocycles. The average Bonchev–Trinajstić information content (AvgIpc) is 3.10. The van der Waals surface area contributed by atoms with Gasteiger partial charge in [-0.1, -0.05) is 35.5 Å². The number of carbonyl (C=O) groups is 2. The summed E-state index contributed by atoms with van der Waals surface area (Å²) < 4.78 is 5.66. The SMILES string of the molecule is CC(=O)Nc1cccc(NC(=O)C(C)Sc2nnc(-c3ccc(C)cc3)o2)c1. The Balaban J connectivity index is 1.61. The van der Waals surface area contributed by atoms with Crippen molar-refractivity contribution in [1.29, 1.82) is 0 Å². The van der Waals surface area contributed by atoms with Crippen LogP contribution in [0.5, 0.6) is 0 Å². The number of carbonyl (C=O) groups excluding carboxylic acids is 2. The van der Waals surface area contributed by atoms with Gasteiger partial charge in [0.15, 0.2) is 0 Å². The summed E-state index contributed by atoms with van der Waals surface area (Å²) in [6.45, 7) is 5.19. The Hall–Kier alpha value is -3.13. The number of aromatic nitrogens is 2. The van der Waals surface area contributed by atoms with Gasteiger partial charge < -0.3 is 15.1 Å². The third-order valence-electron chi connectivity index (χ3n) is 3.80. The van der Waals surface area contributed by atoms with Crippen LogP contribution < -0.4 is 10.6 Å². The van der Waals surface area contributed by atoms with Crippen molar-refractivity contribution in [3.05, 3.63) is 54.1 Å². The van der Waals surface area contributed by atoms with E-state index in [-0.39, 0.29) is 11.8 Å². The number of anilines is 2. The van der Waals surface area contributed by atoms with Crippen molar-refractivity contribution in [3.63, 3.8) is 0 Å². The lowest BCUT2D eigenvalue weighted by Crippen LogP contribution is -2.22. The Morgan fingerprint density at radius 3 is 2.39 bits per heavy atom. The molecule has 28 heavy (non-hydrogen) atoms. The second-order valence-corrected chi connectivity index (χ2v) is 7.54. The van der Waals surface area contributed by atoms with Crippen molar-refractivity contribution in [2.24, 2.45) is 0 Å². The first-order valence-electron chi connectivity index (χ1n) is 8.66. The van der Waals surface area contributed by atoms with Crippen molar-refractivity contribution in [2.45, 2.75) is 31.2 Å². The fourth-order valence-corrected chi connectivity index (χ4v) is 3.08. The van der Waals surface area contributed by atoms with E-state index in [0.717, 1.165) is 11.1 Å². The van der Waals surface area contributed by atoms with Gasteiger partial charge in [0, 0.05) is 23.9 Å². The van der Waals surface area contributed by atoms with E-state index >= 15 is 0 Å². The fraction of sp³-hybridized carbons (Fsp3) is 0.200. The zero-order valence-electron chi connectivity index (χ0n) is 15.7. The highest BCUT2D eigenvalue weighted by Crippen LogP contribution is 2.27. The van der Waals surface area contributed by atoms with Crippen LogP contribution in [0.25, 0.3) is 11.5 Å². The van der Waals surface area contributed by atoms with E-state index in [1.54, 1.807) is 31.2 Å². The number of thioether (sulfide) groups is 1. The maximum Gasteiger partial charge on any atom is 0.277 e. The normalized spacial score (nSPS) is 11.7. The number of aryl methyl sites for hydroxylation is 1. The first-order chi connectivity index (χ1) is 13.4. The third-order valence-corrected chi connectivity index (χ3v) is 4.74. The monoisotopic (exact) mass is 396 g/mol. The molecule has 1 atom stereocenters. The molecule has 7 nitrogen and oxygen atoms in total. The molecule has 2 aromatic carbocycles. The first-order valence-corrected chi connectivity index (χ1v) is 9.54. The molecule has 0 fully saturated rings. The molecule has 1 aromatic heterocycles. The summed E-state index contributed by atoms with van der Waals surface area (Å²) in [6, 6.07) is 14.7. The van der Waals surface area contributed by atoms with Gasteiger partial charge in [0.05, 0.1) is 5.25 Å². The van der Waals surface area contributed by atoms with Crippen LogP contribution in [0.15, 0.2) is 58.2 Å². The van der Waals surface area contributed by atoms with Gasteiger partial charge in [-0.3, -0.25) is 9.59 Å². The molecule has 0 bridgehead atoms. The number of nitrogens with one attached hydrogen (secondary N) is 2. The van der Waals surface area contributed by atoms with Crippen LogP contribution >= 0.6 is 11.8 Å². The van der Waals surface area contributed by atoms with Gasteiger partial charge in [0.2, 0.25) is 17.7 Å². The number of rotatable bonds is 6. The molecule has 0 saturated heterocycles. The summed E-state index contributed by atoms with van der Waals surface area (Å²) in [4.78, 5) is 23.6. The molecule has 2 N–H and O–H groups in total. The van der Waals surface area contributed by atoms with E-state index in [4.69, 9.17) is 4.42 Å². The molecule has 3 rings (SSSR count). The van der Waals surface area contributed by atoms with Crippen molar-refractivity contribution in [1.82, 2.24) is 10.2 Å². The van der Waals surface area contributed by atoms with Crippen LogP contribution in [0.1, 0.15) is 19.4 Å². The molecule has 1 unspecified atom stereocenters. The Labute approximate surface area is 166 Å². The number of hydrogen-bond donors (Lipinski definition) is 2. The zero-order valence-corrected chi connectivity index (χ0v) is 16.5. The summed E-state index contributed by atoms with van der Waals surface area (Å²) in [5, 5.41) is 13.4. The average molecular weight is 396 g/mol. The Bertz CT molecular complexity index is 985. The van der Waals surface area contributed by atoms with Crippen LogP contribution in [-0.2, 0) is 9.59 Å². The Morgan fingerprint density at radius 1 is 1.04 bits per heavy atom. The minimum Gasteiger partial charge on any atom is -0.411 e. The van der Waals surface area contributed by atoms with E-state index < -0.39 is 5.25 Å². The summed E-state index contributed by atoms with van der Waals surface area (Å²) in [5.74, 6) is 0.0337. The lowest BCUT2D eigenvalue weighted by Gasteiger charge is -2.11. The second kappa shape index (κ2) is 8.71. The lowest BCUT2D eigenvalue weighted by molar-refractivity contribution is -0.115. The molecule has 2 amide bonds. The van der Waals surface area contributed by atoms with E-state index in [9.17, 15) is 9.59 Å². The predicted octanol–water partition coefficient (Wildman–Crippen LogP) is 4.12. The first kappa shape index (κ1) is 19.6. The standard InChI is InChI=1S/C20H20N4O3S/c1-12-7-9-15(10-8-12)19-23-24-20(27-19)28-13(2)18(26)22-17-6-4-5-16(11-17)21-14(3)25/h4-11,13H,1-3H3,(H,21,25)(H,22,26). The molecular formula is C20H20N4O3S. The molecule has 8 heteroatoms. The third kappa shape index (κ3) is 5.20. The summed E-state index contributed by atoms with van der Waals surface area (Å²) in [6.07, 6.45) is 0. The number of hydrogen-bond acceptors (Lipinski definition) is 6. The molecule has 0 radical (unpaired) electrons. The molecule has 144 valence electrons. The van der Waals surface area contributed by atoms with Gasteiger partial charge >= 0.3 is 0 Å². The predicted molar refractivity (Wildman–Crippen MR) is 109 cm³/mol. The van der Waals surface area contributed by atoms with Gasteiger partial charge in [0.1, 0.15) is 0 Å². The van der Waals surface area contributed by atoms with Gasteiger partial charge in [0.25, 0.3) is 5.22 Å². The number of benzene rings is 2. The highest BCUT2D eigenvalue weighted by Gasteiger charge is 2.19. The second-order valence-electron chi connectivity index (χ2n) is 6.25. The van der Waals surface area contributed by atoms with Crippen molar-refractivity contribution in [2.75, 3.05) is 10.6 Å². The molecule has 3 aromatic rings. The largest absolute Gasteiger partial charge is 0.411 e. The van der Waals surface area contributed by atoms with Crippen LogP contribution in [0.4, 0.5) is 11.4 Å². The van der Waals surface area contributed by atoms with Crippen LogP contribution in [0, 0.1) is 6.92 Å². The Kier molecular flexibility index (Phi) is 6.10. The minimum absolute atomic E-state index is 0.173. The van der Waals surface area contributed by atoms with E-state index in [2.05, 4.69) is 20.8 Å². The molecule has 0 aliphatic carbocycles. The maximum absolute atomic E-state index is 12.5. The molecule has 1 heterocycles. The van der Waals surface area contributed by atoms with Gasteiger partial charge in [-0.2, -0.15) is 0 Å². The van der Waals surface area contributed by atoms with Gasteiger partial charge in [-0.25, -0.2) is 0 Å². The molecule has 0 aliphatic heterocycles.